The van der Waals surface area contributed by atoms with Gasteiger partial charge in [-0.2, -0.15) is 0 Å². The maximum Gasteiger partial charge on any atom is 0.216 e. The van der Waals surface area contributed by atoms with Gasteiger partial charge in [0, 0.05) is 55.3 Å². The van der Waals surface area contributed by atoms with E-state index < -0.39 is 23.0 Å². The Kier molecular flexibility index (Phi) is 12.2. The van der Waals surface area contributed by atoms with Gasteiger partial charge in [0.15, 0.2) is 0 Å². The minimum absolute atomic E-state index is 0. The third kappa shape index (κ3) is 9.69. The molecule has 8 heteroatoms. The van der Waals surface area contributed by atoms with E-state index >= 15 is 0 Å². The van der Waals surface area contributed by atoms with Gasteiger partial charge < -0.3 is 14.0 Å². The molecule has 0 aliphatic heterocycles. The summed E-state index contributed by atoms with van der Waals surface area (Å²) >= 11 is 0. The summed E-state index contributed by atoms with van der Waals surface area (Å²) in [6, 6.07) is 44.9. The first-order valence-electron chi connectivity index (χ1n) is 23.9. The number of furan rings is 1. The fourth-order valence-electron chi connectivity index (χ4n) is 8.48. The molecule has 0 unspecified atom stereocenters. The van der Waals surface area contributed by atoms with Gasteiger partial charge >= 0.3 is 0 Å². The van der Waals surface area contributed by atoms with Crippen LogP contribution in [0.15, 0.2) is 120 Å². The van der Waals surface area contributed by atoms with Crippen LogP contribution in [0.1, 0.15) is 72.6 Å². The SMILES string of the molecule is Cc1ccccc1-c1cc(C(C)C)c(-n2c(-c3[c-]cc([Si](C)(C)C)cc3)nc3ccccc32)c(C(C)(C)C)c1.[2H]C([2H])([2H])c1cc(-c2[c-]cc3oc4nc(C)ccc4c3c2)ncc1[Si](C)(C)C.[Ir]. The zero-order chi connectivity index (χ0) is 48.4. The molecular formula is C57H62IrN4OSi2-2. The first-order valence-corrected chi connectivity index (χ1v) is 29.4. The number of para-hydroxylation sites is 2. The molecule has 9 rings (SSSR count). The minimum atomic E-state index is -2.18. The number of benzene rings is 5. The molecule has 0 aliphatic carbocycles. The van der Waals surface area contributed by atoms with Crippen LogP contribution >= 0.6 is 0 Å². The van der Waals surface area contributed by atoms with E-state index in [2.05, 4.69) is 186 Å². The van der Waals surface area contributed by atoms with Crippen molar-refractivity contribution in [2.45, 2.75) is 106 Å². The van der Waals surface area contributed by atoms with E-state index in [0.29, 0.717) is 28.5 Å². The zero-order valence-corrected chi connectivity index (χ0v) is 44.5. The summed E-state index contributed by atoms with van der Waals surface area (Å²) in [6.45, 7) is 27.1. The molecule has 1 radical (unpaired) electrons. The monoisotopic (exact) mass is 1070 g/mol. The third-order valence-corrected chi connectivity index (χ3v) is 16.2. The smallest absolute Gasteiger partial charge is 0.216 e. The average molecular weight is 1070 g/mol. The van der Waals surface area contributed by atoms with Crippen LogP contribution in [0.3, 0.4) is 0 Å². The quantitative estimate of drug-likeness (QED) is 0.118. The van der Waals surface area contributed by atoms with Gasteiger partial charge in [-0.25, -0.2) is 4.98 Å². The van der Waals surface area contributed by atoms with Crippen molar-refractivity contribution in [2.75, 3.05) is 0 Å². The summed E-state index contributed by atoms with van der Waals surface area (Å²) in [5.74, 6) is 1.28. The van der Waals surface area contributed by atoms with E-state index in [1.165, 1.54) is 38.7 Å². The van der Waals surface area contributed by atoms with Crippen molar-refractivity contribution in [1.82, 2.24) is 19.5 Å². The number of aromatic nitrogens is 4. The van der Waals surface area contributed by atoms with Crippen molar-refractivity contribution in [3.63, 3.8) is 0 Å². The molecule has 0 fully saturated rings. The molecule has 4 aromatic heterocycles. The Morgan fingerprint density at radius 1 is 0.738 bits per heavy atom. The molecule has 4 heterocycles. The van der Waals surface area contributed by atoms with E-state index in [1.54, 1.807) is 18.3 Å². The molecule has 5 nitrogen and oxygen atoms in total. The summed E-state index contributed by atoms with van der Waals surface area (Å²) in [4.78, 5) is 14.2. The van der Waals surface area contributed by atoms with Crippen LogP contribution in [-0.4, -0.2) is 35.7 Å². The van der Waals surface area contributed by atoms with Crippen LogP contribution in [0.4, 0.5) is 0 Å². The van der Waals surface area contributed by atoms with E-state index in [0.717, 1.165) is 49.6 Å². The molecule has 335 valence electrons. The maximum atomic E-state index is 7.98. The van der Waals surface area contributed by atoms with Crippen LogP contribution in [0.2, 0.25) is 39.3 Å². The second-order valence-electron chi connectivity index (χ2n) is 20.6. The van der Waals surface area contributed by atoms with Crippen molar-refractivity contribution in [2.24, 2.45) is 0 Å². The molecule has 0 N–H and O–H groups in total. The van der Waals surface area contributed by atoms with E-state index in [9.17, 15) is 0 Å². The Bertz CT molecular complexity index is 3300. The van der Waals surface area contributed by atoms with Crippen LogP contribution in [0, 0.1) is 32.8 Å². The summed E-state index contributed by atoms with van der Waals surface area (Å²) in [5.41, 5.74) is 14.8. The zero-order valence-electron chi connectivity index (χ0n) is 43.1. The van der Waals surface area contributed by atoms with E-state index in [4.69, 9.17) is 13.5 Å². The van der Waals surface area contributed by atoms with Gasteiger partial charge in [0.05, 0.1) is 30.5 Å². The standard InChI is InChI=1S/C36H41N2Si.C21H21N2OSi.Ir/c1-24(2)30-22-27(29-15-11-10-14-25(29)3)23-31(36(4,5)6)34(30)38-33-17-13-12-16-32(33)37-35(38)26-18-20-28(21-19-26)39(7,8)9;1-13-10-18(22-12-20(13)25(3,4)5)15-7-9-19-17(11-15)16-8-6-14(2)23-21(16)24-19;/h10-18,20-24H,1-9H3;6,8-12H,1-5H3;/q2*-1;/i;1D3;. The molecule has 0 spiro atoms. The Hall–Kier alpha value is -5.25. The molecule has 0 bridgehead atoms. The van der Waals surface area contributed by atoms with Crippen molar-refractivity contribution >= 4 is 59.6 Å². The maximum absolute atomic E-state index is 7.98. The molecule has 5 aromatic carbocycles. The minimum Gasteiger partial charge on any atom is -0.486 e. The Morgan fingerprint density at radius 3 is 2.12 bits per heavy atom. The Morgan fingerprint density at radius 2 is 1.46 bits per heavy atom. The van der Waals surface area contributed by atoms with Gasteiger partial charge in [0.25, 0.3) is 0 Å². The number of hydrogen-bond donors (Lipinski definition) is 0. The molecule has 0 saturated heterocycles. The van der Waals surface area contributed by atoms with Crippen molar-refractivity contribution in [1.29, 1.82) is 0 Å². The fourth-order valence-corrected chi connectivity index (χ4v) is 10.9. The summed E-state index contributed by atoms with van der Waals surface area (Å²) in [7, 11) is -3.27. The first-order chi connectivity index (χ1) is 31.4. The molecule has 65 heavy (non-hydrogen) atoms. The van der Waals surface area contributed by atoms with Gasteiger partial charge in [0.1, 0.15) is 0 Å². The van der Waals surface area contributed by atoms with Gasteiger partial charge in [-0.05, 0) is 107 Å². The molecule has 9 aromatic rings. The first kappa shape index (κ1) is 43.6. The van der Waals surface area contributed by atoms with Gasteiger partial charge in [-0.1, -0.05) is 127 Å². The Labute approximate surface area is 406 Å². The van der Waals surface area contributed by atoms with Crippen LogP contribution < -0.4 is 10.4 Å². The van der Waals surface area contributed by atoms with Gasteiger partial charge in [-0.3, -0.25) is 4.98 Å². The number of fused-ring (bicyclic) bond motifs is 4. The molecule has 0 amide bonds. The van der Waals surface area contributed by atoms with E-state index in [-0.39, 0.29) is 25.5 Å². The fraction of sp³-hybridized carbons (Fsp3) is 0.281. The van der Waals surface area contributed by atoms with Crippen LogP contribution in [-0.2, 0) is 25.5 Å². The predicted octanol–water partition coefficient (Wildman–Crippen LogP) is 14.4. The molecule has 0 atom stereocenters. The summed E-state index contributed by atoms with van der Waals surface area (Å²) < 4.78 is 32.2. The normalized spacial score (nSPS) is 13.0. The van der Waals surface area contributed by atoms with Crippen LogP contribution in [0.5, 0.6) is 0 Å². The largest absolute Gasteiger partial charge is 0.486 e. The van der Waals surface area contributed by atoms with Crippen molar-refractivity contribution < 1.29 is 28.6 Å². The summed E-state index contributed by atoms with van der Waals surface area (Å²) in [6.07, 6.45) is 1.74. The van der Waals surface area contributed by atoms with Crippen LogP contribution in [0.25, 0.3) is 72.6 Å². The number of nitrogens with zero attached hydrogens (tertiary/aromatic N) is 4. The van der Waals surface area contributed by atoms with Gasteiger partial charge in [-0.15, -0.1) is 58.8 Å². The number of pyridine rings is 2. The number of hydrogen-bond acceptors (Lipinski definition) is 4. The molecule has 0 aliphatic rings. The predicted molar refractivity (Wildman–Crippen MR) is 277 cm³/mol. The summed E-state index contributed by atoms with van der Waals surface area (Å²) in [5, 5.41) is 4.12. The number of imidazole rings is 1. The van der Waals surface area contributed by atoms with Crippen molar-refractivity contribution in [3.05, 3.63) is 155 Å². The second-order valence-corrected chi connectivity index (χ2v) is 30.7. The van der Waals surface area contributed by atoms with Gasteiger partial charge in [0.2, 0.25) is 5.71 Å². The number of aryl methyl sites for hydroxylation is 3. The Balaban J connectivity index is 0.000000209. The van der Waals surface area contributed by atoms with E-state index in [1.807, 2.05) is 25.1 Å². The average Bonchev–Trinajstić information content (AvgIpc) is 3.83. The second kappa shape index (κ2) is 18.2. The van der Waals surface area contributed by atoms with Crippen molar-refractivity contribution in [3.8, 4) is 39.5 Å². The molecule has 0 saturated carbocycles. The topological polar surface area (TPSA) is 56.7 Å². The molecular weight excluding hydrogens is 1010 g/mol. The third-order valence-electron chi connectivity index (χ3n) is 12.1. The number of rotatable bonds is 7.